The van der Waals surface area contributed by atoms with Gasteiger partial charge in [0.2, 0.25) is 11.6 Å². The topological polar surface area (TPSA) is 48.2 Å². The predicted molar refractivity (Wildman–Crippen MR) is 68.4 cm³/mol. The van der Waals surface area contributed by atoms with Gasteiger partial charge in [0.15, 0.2) is 0 Å². The lowest BCUT2D eigenvalue weighted by Crippen LogP contribution is -1.90. The lowest BCUT2D eigenvalue weighted by atomic mass is 10.2. The van der Waals surface area contributed by atoms with Crippen molar-refractivity contribution in [1.82, 2.24) is 9.97 Å². The molecule has 0 unspecified atom stereocenters. The van der Waals surface area contributed by atoms with E-state index in [1.807, 2.05) is 43.3 Å². The van der Waals surface area contributed by atoms with Crippen LogP contribution in [-0.2, 0) is 0 Å². The van der Waals surface area contributed by atoms with E-state index in [2.05, 4.69) is 9.97 Å². The Bertz CT molecular complexity index is 626. The molecule has 4 nitrogen and oxygen atoms in total. The second-order valence-corrected chi connectivity index (χ2v) is 3.80. The van der Waals surface area contributed by atoms with Crippen LogP contribution >= 0.6 is 0 Å². The molecule has 2 heterocycles. The summed E-state index contributed by atoms with van der Waals surface area (Å²) in [5.74, 6) is 1.42. The number of rotatable bonds is 3. The molecule has 18 heavy (non-hydrogen) atoms. The maximum absolute atomic E-state index is 5.59. The molecule has 2 aromatic heterocycles. The molecule has 0 spiro atoms. The van der Waals surface area contributed by atoms with Crippen LogP contribution in [0.25, 0.3) is 22.7 Å². The van der Waals surface area contributed by atoms with Gasteiger partial charge in [0, 0.05) is 11.8 Å². The molecule has 0 atom stereocenters. The third-order valence-electron chi connectivity index (χ3n) is 2.58. The van der Waals surface area contributed by atoms with Crippen molar-refractivity contribution in [3.63, 3.8) is 0 Å². The molecule has 0 aliphatic carbocycles. The summed E-state index contributed by atoms with van der Waals surface area (Å²) in [7, 11) is 0. The summed E-state index contributed by atoms with van der Waals surface area (Å²) in [5.41, 5.74) is 2.24. The van der Waals surface area contributed by atoms with Crippen LogP contribution in [0.4, 0.5) is 0 Å². The van der Waals surface area contributed by atoms with E-state index < -0.39 is 0 Å². The summed E-state index contributed by atoms with van der Waals surface area (Å²) < 4.78 is 11.0. The number of aromatic nitrogens is 2. The second kappa shape index (κ2) is 4.49. The van der Waals surface area contributed by atoms with Gasteiger partial charge >= 0.3 is 0 Å². The van der Waals surface area contributed by atoms with Gasteiger partial charge in [0.25, 0.3) is 0 Å². The summed E-state index contributed by atoms with van der Waals surface area (Å²) in [6, 6.07) is 11.4. The normalized spacial score (nSPS) is 10.7. The molecule has 4 heteroatoms. The van der Waals surface area contributed by atoms with Crippen molar-refractivity contribution in [2.75, 3.05) is 6.61 Å². The van der Waals surface area contributed by atoms with Crippen molar-refractivity contribution >= 4 is 11.2 Å². The van der Waals surface area contributed by atoms with Crippen LogP contribution in [0.5, 0.6) is 5.75 Å². The summed E-state index contributed by atoms with van der Waals surface area (Å²) in [4.78, 5) is 8.51. The maximum atomic E-state index is 5.59. The van der Waals surface area contributed by atoms with Crippen molar-refractivity contribution in [3.05, 3.63) is 42.6 Å². The average molecular weight is 240 g/mol. The molecule has 0 saturated carbocycles. The zero-order chi connectivity index (χ0) is 12.4. The first kappa shape index (κ1) is 10.8. The number of oxazole rings is 1. The molecule has 0 radical (unpaired) electrons. The van der Waals surface area contributed by atoms with Crippen LogP contribution in [0.15, 0.2) is 47.0 Å². The Morgan fingerprint density at radius 3 is 2.72 bits per heavy atom. The van der Waals surface area contributed by atoms with E-state index in [4.69, 9.17) is 9.15 Å². The number of ether oxygens (including phenoxy) is 1. The van der Waals surface area contributed by atoms with Gasteiger partial charge in [0.05, 0.1) is 6.61 Å². The molecule has 0 amide bonds. The van der Waals surface area contributed by atoms with Crippen LogP contribution in [0, 0.1) is 0 Å². The summed E-state index contributed by atoms with van der Waals surface area (Å²) in [6.07, 6.45) is 1.69. The summed E-state index contributed by atoms with van der Waals surface area (Å²) >= 11 is 0. The van der Waals surface area contributed by atoms with E-state index >= 15 is 0 Å². The molecule has 0 aliphatic rings. The Hall–Kier alpha value is -2.36. The highest BCUT2D eigenvalue weighted by atomic mass is 16.5. The lowest BCUT2D eigenvalue weighted by Gasteiger charge is -2.02. The number of hydrogen-bond donors (Lipinski definition) is 0. The molecule has 0 aliphatic heterocycles. The maximum Gasteiger partial charge on any atom is 0.247 e. The third-order valence-corrected chi connectivity index (χ3v) is 2.58. The van der Waals surface area contributed by atoms with Crippen LogP contribution < -0.4 is 4.74 Å². The van der Waals surface area contributed by atoms with Gasteiger partial charge < -0.3 is 9.15 Å². The monoisotopic (exact) mass is 240 g/mol. The molecule has 3 aromatic rings. The first-order valence-electron chi connectivity index (χ1n) is 5.81. The van der Waals surface area contributed by atoms with Gasteiger partial charge in [-0.1, -0.05) is 0 Å². The molecule has 0 bridgehead atoms. The minimum absolute atomic E-state index is 0.557. The van der Waals surface area contributed by atoms with Crippen LogP contribution in [0.1, 0.15) is 6.92 Å². The number of fused-ring (bicyclic) bond motifs is 1. The third kappa shape index (κ3) is 1.93. The Morgan fingerprint density at radius 2 is 2.00 bits per heavy atom. The van der Waals surface area contributed by atoms with Gasteiger partial charge in [-0.05, 0) is 43.3 Å². The molecule has 1 aromatic carbocycles. The highest BCUT2D eigenvalue weighted by Gasteiger charge is 2.08. The van der Waals surface area contributed by atoms with E-state index in [0.717, 1.165) is 16.8 Å². The lowest BCUT2D eigenvalue weighted by molar-refractivity contribution is 0.340. The molecular weight excluding hydrogens is 228 g/mol. The first-order valence-corrected chi connectivity index (χ1v) is 5.81. The Morgan fingerprint density at radius 1 is 1.17 bits per heavy atom. The van der Waals surface area contributed by atoms with E-state index in [1.54, 1.807) is 6.20 Å². The number of nitrogens with zero attached hydrogens (tertiary/aromatic N) is 2. The molecule has 0 N–H and O–H groups in total. The minimum atomic E-state index is 0.557. The first-order chi connectivity index (χ1) is 8.86. The standard InChI is InChI=1S/C14H12N2O2/c1-2-17-11-7-5-10(6-8-11)13-16-12-4-3-9-15-14(12)18-13/h3-9H,2H2,1H3. The Labute approximate surface area is 104 Å². The van der Waals surface area contributed by atoms with E-state index in [-0.39, 0.29) is 0 Å². The van der Waals surface area contributed by atoms with Crippen LogP contribution in [0.3, 0.4) is 0 Å². The van der Waals surface area contributed by atoms with E-state index in [9.17, 15) is 0 Å². The van der Waals surface area contributed by atoms with Crippen LogP contribution in [-0.4, -0.2) is 16.6 Å². The molecule has 0 fully saturated rings. The largest absolute Gasteiger partial charge is 0.494 e. The number of hydrogen-bond acceptors (Lipinski definition) is 4. The smallest absolute Gasteiger partial charge is 0.247 e. The minimum Gasteiger partial charge on any atom is -0.494 e. The molecule has 3 rings (SSSR count). The van der Waals surface area contributed by atoms with Crippen molar-refractivity contribution in [1.29, 1.82) is 0 Å². The van der Waals surface area contributed by atoms with Crippen LogP contribution in [0.2, 0.25) is 0 Å². The van der Waals surface area contributed by atoms with E-state index in [1.165, 1.54) is 0 Å². The Balaban J connectivity index is 1.98. The fourth-order valence-electron chi connectivity index (χ4n) is 1.75. The van der Waals surface area contributed by atoms with Gasteiger partial charge in [-0.2, -0.15) is 0 Å². The van der Waals surface area contributed by atoms with Crippen molar-refractivity contribution in [3.8, 4) is 17.2 Å². The molecule has 0 saturated heterocycles. The summed E-state index contributed by atoms with van der Waals surface area (Å²) in [6.45, 7) is 2.62. The average Bonchev–Trinajstić information content (AvgIpc) is 2.84. The Kier molecular flexibility index (Phi) is 2.68. The fourth-order valence-corrected chi connectivity index (χ4v) is 1.75. The zero-order valence-corrected chi connectivity index (χ0v) is 9.96. The zero-order valence-electron chi connectivity index (χ0n) is 9.96. The van der Waals surface area contributed by atoms with Gasteiger partial charge in [0.1, 0.15) is 11.3 Å². The van der Waals surface area contributed by atoms with Gasteiger partial charge in [-0.3, -0.25) is 0 Å². The molecule has 90 valence electrons. The molecular formula is C14H12N2O2. The number of benzene rings is 1. The predicted octanol–water partition coefficient (Wildman–Crippen LogP) is 3.29. The number of pyridine rings is 1. The van der Waals surface area contributed by atoms with E-state index in [0.29, 0.717) is 18.2 Å². The highest BCUT2D eigenvalue weighted by Crippen LogP contribution is 2.24. The van der Waals surface area contributed by atoms with Crippen molar-refractivity contribution in [2.24, 2.45) is 0 Å². The second-order valence-electron chi connectivity index (χ2n) is 3.80. The highest BCUT2D eigenvalue weighted by molar-refractivity contribution is 5.72. The van der Waals surface area contributed by atoms with Gasteiger partial charge in [-0.25, -0.2) is 9.97 Å². The van der Waals surface area contributed by atoms with Gasteiger partial charge in [-0.15, -0.1) is 0 Å². The van der Waals surface area contributed by atoms with Crippen molar-refractivity contribution < 1.29 is 9.15 Å². The van der Waals surface area contributed by atoms with Crippen molar-refractivity contribution in [2.45, 2.75) is 6.92 Å². The SMILES string of the molecule is CCOc1ccc(-c2nc3cccnc3o2)cc1. The quantitative estimate of drug-likeness (QED) is 0.704. The fraction of sp³-hybridized carbons (Fsp3) is 0.143. The summed E-state index contributed by atoms with van der Waals surface area (Å²) in [5, 5.41) is 0.